The third-order valence-corrected chi connectivity index (χ3v) is 4.53. The van der Waals surface area contributed by atoms with Gasteiger partial charge in [-0.25, -0.2) is 4.98 Å². The predicted octanol–water partition coefficient (Wildman–Crippen LogP) is 3.97. The minimum atomic E-state index is -0.104. The molecule has 2 N–H and O–H groups in total. The first-order valence-corrected chi connectivity index (χ1v) is 8.65. The number of benzene rings is 2. The van der Waals surface area contributed by atoms with Crippen LogP contribution in [0.4, 0.5) is 5.69 Å². The molecule has 23 heavy (non-hydrogen) atoms. The number of amides is 1. The molecule has 116 valence electrons. The normalized spacial score (nSPS) is 10.5. The summed E-state index contributed by atoms with van der Waals surface area (Å²) in [6, 6.07) is 17.2. The second-order valence-corrected chi connectivity index (χ2v) is 6.45. The molecule has 3 aromatic rings. The van der Waals surface area contributed by atoms with Gasteiger partial charge in [-0.1, -0.05) is 54.2 Å². The van der Waals surface area contributed by atoms with E-state index in [1.807, 2.05) is 54.6 Å². The van der Waals surface area contributed by atoms with Crippen LogP contribution in [0.15, 0.2) is 64.2 Å². The van der Waals surface area contributed by atoms with Crippen LogP contribution >= 0.6 is 27.7 Å². The fourth-order valence-corrected chi connectivity index (χ4v) is 2.90. The number of rotatable bonds is 5. The van der Waals surface area contributed by atoms with Gasteiger partial charge >= 0.3 is 0 Å². The van der Waals surface area contributed by atoms with E-state index >= 15 is 0 Å². The average molecular weight is 389 g/mol. The zero-order chi connectivity index (χ0) is 16.1. The van der Waals surface area contributed by atoms with Crippen molar-refractivity contribution < 1.29 is 4.79 Å². The lowest BCUT2D eigenvalue weighted by Gasteiger charge is -2.05. The van der Waals surface area contributed by atoms with Gasteiger partial charge in [-0.15, -0.1) is 5.10 Å². The van der Waals surface area contributed by atoms with E-state index in [0.717, 1.165) is 15.7 Å². The third kappa shape index (κ3) is 4.20. The lowest BCUT2D eigenvalue weighted by atomic mass is 10.2. The van der Waals surface area contributed by atoms with Gasteiger partial charge in [0.15, 0.2) is 5.82 Å². The Hall–Kier alpha value is -2.12. The summed E-state index contributed by atoms with van der Waals surface area (Å²) in [5.74, 6) is 0.834. The molecule has 0 spiro atoms. The number of hydrogen-bond acceptors (Lipinski definition) is 4. The number of nitrogens with one attached hydrogen (secondary N) is 2. The third-order valence-electron chi connectivity index (χ3n) is 2.99. The summed E-state index contributed by atoms with van der Waals surface area (Å²) in [7, 11) is 0. The molecule has 0 radical (unpaired) electrons. The maximum atomic E-state index is 12.0. The van der Waals surface area contributed by atoms with Gasteiger partial charge in [-0.2, -0.15) is 0 Å². The maximum absolute atomic E-state index is 12.0. The molecule has 0 aliphatic heterocycles. The summed E-state index contributed by atoms with van der Waals surface area (Å²) < 4.78 is 0.850. The molecule has 3 rings (SSSR count). The molecule has 0 saturated carbocycles. The number of aromatic amines is 1. The number of thioether (sulfide) groups is 1. The standard InChI is InChI=1S/C16H13BrN4OS/c17-12-8-4-5-9-13(12)18-14(22)10-23-16-19-15(20-21-16)11-6-2-1-3-7-11/h1-9H,10H2,(H,18,22)(H,19,20,21). The number of hydrogen-bond donors (Lipinski definition) is 2. The quantitative estimate of drug-likeness (QED) is 0.648. The van der Waals surface area contributed by atoms with Crippen LogP contribution in [0, 0.1) is 0 Å². The highest BCUT2D eigenvalue weighted by Crippen LogP contribution is 2.22. The molecule has 7 heteroatoms. The van der Waals surface area contributed by atoms with Crippen molar-refractivity contribution in [2.24, 2.45) is 0 Å². The fourth-order valence-electron chi connectivity index (χ4n) is 1.92. The summed E-state index contributed by atoms with van der Waals surface area (Å²) in [5, 5.41) is 10.4. The van der Waals surface area contributed by atoms with Gasteiger partial charge in [-0.05, 0) is 28.1 Å². The molecule has 0 aliphatic carbocycles. The Morgan fingerprint density at radius 3 is 2.65 bits per heavy atom. The average Bonchev–Trinajstić information content (AvgIpc) is 3.05. The summed E-state index contributed by atoms with van der Waals surface area (Å²) in [4.78, 5) is 16.4. The summed E-state index contributed by atoms with van der Waals surface area (Å²) in [6.07, 6.45) is 0. The Morgan fingerprint density at radius 2 is 1.87 bits per heavy atom. The van der Waals surface area contributed by atoms with Crippen LogP contribution in [0.5, 0.6) is 0 Å². The van der Waals surface area contributed by atoms with E-state index in [1.54, 1.807) is 0 Å². The molecule has 5 nitrogen and oxygen atoms in total. The van der Waals surface area contributed by atoms with Crippen molar-refractivity contribution in [2.45, 2.75) is 5.16 Å². The maximum Gasteiger partial charge on any atom is 0.234 e. The summed E-state index contributed by atoms with van der Waals surface area (Å²) in [6.45, 7) is 0. The van der Waals surface area contributed by atoms with Crippen LogP contribution in [-0.2, 0) is 4.79 Å². The molecule has 2 aromatic carbocycles. The minimum Gasteiger partial charge on any atom is -0.324 e. The molecule has 1 heterocycles. The second kappa shape index (κ2) is 7.43. The second-order valence-electron chi connectivity index (χ2n) is 4.65. The van der Waals surface area contributed by atoms with E-state index in [2.05, 4.69) is 36.4 Å². The van der Waals surface area contributed by atoms with Gasteiger partial charge in [-0.3, -0.25) is 9.89 Å². The predicted molar refractivity (Wildman–Crippen MR) is 95.3 cm³/mol. The number of para-hydroxylation sites is 1. The van der Waals surface area contributed by atoms with Crippen molar-refractivity contribution in [3.8, 4) is 11.4 Å². The Morgan fingerprint density at radius 1 is 1.13 bits per heavy atom. The number of halogens is 1. The smallest absolute Gasteiger partial charge is 0.234 e. The van der Waals surface area contributed by atoms with Crippen LogP contribution in [0.1, 0.15) is 0 Å². The highest BCUT2D eigenvalue weighted by Gasteiger charge is 2.10. The first-order chi connectivity index (χ1) is 11.2. The molecule has 0 atom stereocenters. The number of nitrogens with zero attached hydrogens (tertiary/aromatic N) is 2. The van der Waals surface area contributed by atoms with Crippen molar-refractivity contribution in [3.63, 3.8) is 0 Å². The first kappa shape index (κ1) is 15.8. The number of anilines is 1. The van der Waals surface area contributed by atoms with Gasteiger partial charge in [0, 0.05) is 10.0 Å². The largest absolute Gasteiger partial charge is 0.324 e. The van der Waals surface area contributed by atoms with Gasteiger partial charge in [0.1, 0.15) is 0 Å². The number of aromatic nitrogens is 3. The Balaban J connectivity index is 1.58. The number of carbonyl (C=O) groups excluding carboxylic acids is 1. The van der Waals surface area contributed by atoms with Crippen molar-refractivity contribution in [2.75, 3.05) is 11.1 Å². The molecular weight excluding hydrogens is 376 g/mol. The van der Waals surface area contributed by atoms with E-state index in [9.17, 15) is 4.79 Å². The van der Waals surface area contributed by atoms with Gasteiger partial charge in [0.05, 0.1) is 11.4 Å². The molecule has 1 amide bonds. The molecular formula is C16H13BrN4OS. The van der Waals surface area contributed by atoms with Crippen molar-refractivity contribution >= 4 is 39.3 Å². The van der Waals surface area contributed by atoms with E-state index in [1.165, 1.54) is 11.8 Å². The van der Waals surface area contributed by atoms with E-state index < -0.39 is 0 Å². The van der Waals surface area contributed by atoms with Crippen LogP contribution in [-0.4, -0.2) is 26.8 Å². The van der Waals surface area contributed by atoms with Gasteiger partial charge < -0.3 is 5.32 Å². The molecule has 0 saturated heterocycles. The van der Waals surface area contributed by atoms with Crippen molar-refractivity contribution in [3.05, 3.63) is 59.1 Å². The number of carbonyl (C=O) groups is 1. The van der Waals surface area contributed by atoms with E-state index in [4.69, 9.17) is 0 Å². The Kier molecular flexibility index (Phi) is 5.09. The highest BCUT2D eigenvalue weighted by atomic mass is 79.9. The highest BCUT2D eigenvalue weighted by molar-refractivity contribution is 9.10. The Bertz CT molecular complexity index is 807. The van der Waals surface area contributed by atoms with Crippen LogP contribution < -0.4 is 5.32 Å². The monoisotopic (exact) mass is 388 g/mol. The molecule has 0 fully saturated rings. The summed E-state index contributed by atoms with van der Waals surface area (Å²) in [5.41, 5.74) is 1.71. The zero-order valence-corrected chi connectivity index (χ0v) is 14.4. The van der Waals surface area contributed by atoms with Crippen LogP contribution in [0.2, 0.25) is 0 Å². The Labute approximate surface area is 146 Å². The molecule has 0 unspecified atom stereocenters. The van der Waals surface area contributed by atoms with Crippen molar-refractivity contribution in [1.29, 1.82) is 0 Å². The SMILES string of the molecule is O=C(CSc1n[nH]c(-c2ccccc2)n1)Nc1ccccc1Br. The topological polar surface area (TPSA) is 70.7 Å². The fraction of sp³-hybridized carbons (Fsp3) is 0.0625. The molecule has 0 aliphatic rings. The number of H-pyrrole nitrogens is 1. The van der Waals surface area contributed by atoms with Crippen LogP contribution in [0.3, 0.4) is 0 Å². The van der Waals surface area contributed by atoms with Gasteiger partial charge in [0.25, 0.3) is 0 Å². The lowest BCUT2D eigenvalue weighted by Crippen LogP contribution is -2.14. The zero-order valence-electron chi connectivity index (χ0n) is 12.0. The first-order valence-electron chi connectivity index (χ1n) is 6.87. The van der Waals surface area contributed by atoms with E-state index in [0.29, 0.717) is 11.0 Å². The lowest BCUT2D eigenvalue weighted by molar-refractivity contribution is -0.113. The van der Waals surface area contributed by atoms with Crippen molar-refractivity contribution in [1.82, 2.24) is 15.2 Å². The summed E-state index contributed by atoms with van der Waals surface area (Å²) >= 11 is 4.69. The minimum absolute atomic E-state index is 0.104. The van der Waals surface area contributed by atoms with Crippen LogP contribution in [0.25, 0.3) is 11.4 Å². The molecule has 0 bridgehead atoms. The van der Waals surface area contributed by atoms with E-state index in [-0.39, 0.29) is 11.7 Å². The van der Waals surface area contributed by atoms with Gasteiger partial charge in [0.2, 0.25) is 11.1 Å². The molecule has 1 aromatic heterocycles.